The minimum atomic E-state index is -4.01. The number of fused-ring (bicyclic) bond motifs is 1. The van der Waals surface area contributed by atoms with Gasteiger partial charge in [0.1, 0.15) is 11.8 Å². The van der Waals surface area contributed by atoms with Crippen LogP contribution in [0.15, 0.2) is 59.8 Å². The van der Waals surface area contributed by atoms with Crippen LogP contribution in [0.4, 0.5) is 0 Å². The fourth-order valence-corrected chi connectivity index (χ4v) is 5.70. The lowest BCUT2D eigenvalue weighted by Crippen LogP contribution is -2.51. The molecule has 2 amide bonds. The number of nitrogens with zero attached hydrogens (tertiary/aromatic N) is 1. The zero-order chi connectivity index (χ0) is 23.6. The lowest BCUT2D eigenvalue weighted by molar-refractivity contribution is -0.129. The minimum absolute atomic E-state index is 0.0613. The van der Waals surface area contributed by atoms with Crippen molar-refractivity contribution in [2.45, 2.75) is 49.6 Å². The number of carbonyl (C=O) groups is 2. The van der Waals surface area contributed by atoms with E-state index in [-0.39, 0.29) is 17.4 Å². The molecular weight excluding hydrogens is 442 g/mol. The van der Waals surface area contributed by atoms with Gasteiger partial charge in [0.2, 0.25) is 11.8 Å². The summed E-state index contributed by atoms with van der Waals surface area (Å²) in [5.41, 5.74) is 3.06. The maximum Gasteiger partial charge on any atom is 0.264 e. The van der Waals surface area contributed by atoms with Gasteiger partial charge in [-0.2, -0.15) is 0 Å². The normalized spacial score (nSPS) is 20.1. The van der Waals surface area contributed by atoms with Crippen LogP contribution in [0.2, 0.25) is 0 Å². The van der Waals surface area contributed by atoms with Crippen LogP contribution in [0.5, 0.6) is 5.75 Å². The summed E-state index contributed by atoms with van der Waals surface area (Å²) in [6.45, 7) is 1.86. The summed E-state index contributed by atoms with van der Waals surface area (Å²) < 4.78 is 32.7. The van der Waals surface area contributed by atoms with Gasteiger partial charge in [-0.15, -0.1) is 0 Å². The SMILES string of the molecule is COc1ccc2c(c1)C(NC(=O)C[C@@H]1C(=O)NC=CN1S(=O)(=O)c1ccc(C)cc1)CCC2. The zero-order valence-corrected chi connectivity index (χ0v) is 19.4. The topological polar surface area (TPSA) is 105 Å². The molecule has 1 aliphatic carbocycles. The molecule has 1 aliphatic heterocycles. The molecule has 0 aromatic heterocycles. The average Bonchev–Trinajstić information content (AvgIpc) is 2.80. The predicted molar refractivity (Wildman–Crippen MR) is 123 cm³/mol. The van der Waals surface area contributed by atoms with Crippen LogP contribution in [0.3, 0.4) is 0 Å². The van der Waals surface area contributed by atoms with Crippen molar-refractivity contribution in [3.63, 3.8) is 0 Å². The number of nitrogens with one attached hydrogen (secondary N) is 2. The van der Waals surface area contributed by atoms with Crippen molar-refractivity contribution in [2.75, 3.05) is 7.11 Å². The molecule has 1 unspecified atom stereocenters. The molecule has 174 valence electrons. The van der Waals surface area contributed by atoms with Crippen LogP contribution in [0.1, 0.15) is 42.0 Å². The molecule has 0 spiro atoms. The van der Waals surface area contributed by atoms with Gasteiger partial charge in [-0.05, 0) is 61.6 Å². The van der Waals surface area contributed by atoms with Gasteiger partial charge in [-0.25, -0.2) is 8.42 Å². The summed E-state index contributed by atoms with van der Waals surface area (Å²) in [6, 6.07) is 10.8. The third kappa shape index (κ3) is 4.73. The third-order valence-electron chi connectivity index (χ3n) is 6.03. The Morgan fingerprint density at radius 3 is 2.70 bits per heavy atom. The number of sulfonamides is 1. The molecule has 0 fully saturated rings. The smallest absolute Gasteiger partial charge is 0.264 e. The van der Waals surface area contributed by atoms with E-state index in [9.17, 15) is 18.0 Å². The number of ether oxygens (including phenoxy) is 1. The number of hydrogen-bond donors (Lipinski definition) is 2. The summed E-state index contributed by atoms with van der Waals surface area (Å²) in [5.74, 6) is -0.230. The summed E-state index contributed by atoms with van der Waals surface area (Å²) in [5, 5.41) is 5.51. The lowest BCUT2D eigenvalue weighted by atomic mass is 9.87. The second-order valence-corrected chi connectivity index (χ2v) is 10.1. The van der Waals surface area contributed by atoms with Gasteiger partial charge >= 0.3 is 0 Å². The van der Waals surface area contributed by atoms with E-state index in [1.165, 1.54) is 24.5 Å². The number of hydrogen-bond acceptors (Lipinski definition) is 5. The molecule has 0 bridgehead atoms. The maximum atomic E-state index is 13.2. The highest BCUT2D eigenvalue weighted by molar-refractivity contribution is 7.89. The molecule has 1 heterocycles. The minimum Gasteiger partial charge on any atom is -0.497 e. The fourth-order valence-electron chi connectivity index (χ4n) is 4.25. The van der Waals surface area contributed by atoms with Crippen LogP contribution in [-0.4, -0.2) is 37.7 Å². The highest BCUT2D eigenvalue weighted by atomic mass is 32.2. The predicted octanol–water partition coefficient (Wildman–Crippen LogP) is 2.55. The van der Waals surface area contributed by atoms with E-state index in [2.05, 4.69) is 10.6 Å². The van der Waals surface area contributed by atoms with Gasteiger partial charge < -0.3 is 15.4 Å². The van der Waals surface area contributed by atoms with Crippen molar-refractivity contribution in [3.05, 3.63) is 71.6 Å². The van der Waals surface area contributed by atoms with E-state index in [0.717, 1.165) is 40.3 Å². The van der Waals surface area contributed by atoms with Crippen LogP contribution < -0.4 is 15.4 Å². The molecule has 4 rings (SSSR count). The molecule has 2 aromatic carbocycles. The van der Waals surface area contributed by atoms with Crippen LogP contribution >= 0.6 is 0 Å². The van der Waals surface area contributed by atoms with Crippen LogP contribution in [0.25, 0.3) is 0 Å². The highest BCUT2D eigenvalue weighted by Crippen LogP contribution is 2.33. The van der Waals surface area contributed by atoms with Gasteiger partial charge in [0.15, 0.2) is 0 Å². The Bertz CT molecular complexity index is 1190. The monoisotopic (exact) mass is 469 g/mol. The Labute approximate surface area is 193 Å². The number of aryl methyl sites for hydroxylation is 2. The van der Waals surface area contributed by atoms with Crippen molar-refractivity contribution in [2.24, 2.45) is 0 Å². The summed E-state index contributed by atoms with van der Waals surface area (Å²) >= 11 is 0. The molecule has 0 saturated carbocycles. The fraction of sp³-hybridized carbons (Fsp3) is 0.333. The summed E-state index contributed by atoms with van der Waals surface area (Å²) in [6.07, 6.45) is 4.86. The highest BCUT2D eigenvalue weighted by Gasteiger charge is 2.37. The van der Waals surface area contributed by atoms with E-state index >= 15 is 0 Å². The van der Waals surface area contributed by atoms with E-state index in [1.807, 2.05) is 25.1 Å². The van der Waals surface area contributed by atoms with Gasteiger partial charge in [0.05, 0.1) is 24.5 Å². The summed E-state index contributed by atoms with van der Waals surface area (Å²) in [4.78, 5) is 25.6. The first-order valence-corrected chi connectivity index (χ1v) is 12.3. The Kier molecular flexibility index (Phi) is 6.42. The number of carbonyl (C=O) groups excluding carboxylic acids is 2. The van der Waals surface area contributed by atoms with E-state index in [0.29, 0.717) is 5.75 Å². The Hall–Kier alpha value is -3.33. The molecule has 9 heteroatoms. The number of rotatable bonds is 6. The lowest BCUT2D eigenvalue weighted by Gasteiger charge is -2.32. The van der Waals surface area contributed by atoms with Gasteiger partial charge in [0.25, 0.3) is 10.0 Å². The summed E-state index contributed by atoms with van der Waals surface area (Å²) in [7, 11) is -2.41. The standard InChI is InChI=1S/C24H27N3O5S/c1-16-6-10-19(11-7-16)33(30,31)27-13-12-25-24(29)22(27)15-23(28)26-21-5-3-4-17-8-9-18(32-2)14-20(17)21/h6-14,21-22H,3-5,15H2,1-2H3,(H,25,29)(H,26,28)/t21?,22-/m1/s1. The van der Waals surface area contributed by atoms with Gasteiger partial charge in [0, 0.05) is 12.4 Å². The largest absolute Gasteiger partial charge is 0.497 e. The second kappa shape index (κ2) is 9.27. The van der Waals surface area contributed by atoms with Crippen molar-refractivity contribution in [1.82, 2.24) is 14.9 Å². The van der Waals surface area contributed by atoms with E-state index in [1.54, 1.807) is 19.2 Å². The zero-order valence-electron chi connectivity index (χ0n) is 18.6. The molecule has 0 radical (unpaired) electrons. The molecule has 2 atom stereocenters. The maximum absolute atomic E-state index is 13.2. The van der Waals surface area contributed by atoms with E-state index in [4.69, 9.17) is 4.74 Å². The van der Waals surface area contributed by atoms with Gasteiger partial charge in [-0.3, -0.25) is 13.9 Å². The van der Waals surface area contributed by atoms with Crippen LogP contribution in [0, 0.1) is 6.92 Å². The molecule has 2 aromatic rings. The third-order valence-corrected chi connectivity index (χ3v) is 7.83. The Balaban J connectivity index is 1.54. The molecule has 0 saturated heterocycles. The van der Waals surface area contributed by atoms with Crippen molar-refractivity contribution < 1.29 is 22.7 Å². The first-order chi connectivity index (χ1) is 15.8. The molecular formula is C24H27N3O5S. The molecule has 2 N–H and O–H groups in total. The van der Waals surface area contributed by atoms with E-state index < -0.39 is 27.9 Å². The Morgan fingerprint density at radius 1 is 1.21 bits per heavy atom. The molecule has 8 nitrogen and oxygen atoms in total. The van der Waals surface area contributed by atoms with Crippen molar-refractivity contribution in [3.8, 4) is 5.75 Å². The Morgan fingerprint density at radius 2 is 1.97 bits per heavy atom. The average molecular weight is 470 g/mol. The second-order valence-electron chi connectivity index (χ2n) is 8.27. The number of methoxy groups -OCH3 is 1. The quantitative estimate of drug-likeness (QED) is 0.677. The van der Waals surface area contributed by atoms with Crippen molar-refractivity contribution in [1.29, 1.82) is 0 Å². The first-order valence-electron chi connectivity index (χ1n) is 10.8. The van der Waals surface area contributed by atoms with Crippen LogP contribution in [-0.2, 0) is 26.0 Å². The van der Waals surface area contributed by atoms with Gasteiger partial charge in [-0.1, -0.05) is 23.8 Å². The number of amides is 2. The molecule has 2 aliphatic rings. The molecule has 33 heavy (non-hydrogen) atoms. The van der Waals surface area contributed by atoms with Crippen molar-refractivity contribution >= 4 is 21.8 Å². The number of benzene rings is 2. The first kappa shape index (κ1) is 22.8.